The number of aromatic nitrogens is 2. The Bertz CT molecular complexity index is 613. The monoisotopic (exact) mass is 295 g/mol. The van der Waals surface area contributed by atoms with Crippen LogP contribution in [0.4, 0.5) is 8.78 Å². The predicted octanol–water partition coefficient (Wildman–Crippen LogP) is 3.66. The molecule has 0 amide bonds. The first kappa shape index (κ1) is 15.6. The van der Waals surface area contributed by atoms with E-state index in [1.807, 2.05) is 32.7 Å². The van der Waals surface area contributed by atoms with E-state index in [1.165, 1.54) is 6.07 Å². The zero-order chi connectivity index (χ0) is 15.6. The lowest BCUT2D eigenvalue weighted by Crippen LogP contribution is -2.22. The molecule has 4 nitrogen and oxygen atoms in total. The molecule has 1 heterocycles. The maximum atomic E-state index is 13.3. The molecule has 0 aliphatic rings. The highest BCUT2D eigenvalue weighted by Gasteiger charge is 2.17. The number of hydrogen-bond donors (Lipinski definition) is 0. The van der Waals surface area contributed by atoms with Crippen LogP contribution in [0.5, 0.6) is 0 Å². The molecule has 0 radical (unpaired) electrons. The van der Waals surface area contributed by atoms with E-state index < -0.39 is 11.6 Å². The van der Waals surface area contributed by atoms with E-state index >= 15 is 0 Å². The second-order valence-electron chi connectivity index (χ2n) is 5.47. The third-order valence-electron chi connectivity index (χ3n) is 3.47. The van der Waals surface area contributed by atoms with Crippen LogP contribution in [0.1, 0.15) is 50.0 Å². The lowest BCUT2D eigenvalue weighted by atomic mass is 10.1. The topological polar surface area (TPSA) is 42.2 Å². The first-order valence-electron chi connectivity index (χ1n) is 6.86. The molecule has 6 heteroatoms. The highest BCUT2D eigenvalue weighted by molar-refractivity contribution is 5.20. The van der Waals surface area contributed by atoms with E-state index in [9.17, 15) is 8.78 Å². The molecule has 0 N–H and O–H groups in total. The van der Waals surface area contributed by atoms with Crippen molar-refractivity contribution >= 4 is 0 Å². The Morgan fingerprint density at radius 2 is 1.90 bits per heavy atom. The minimum Gasteiger partial charge on any atom is -0.338 e. The zero-order valence-corrected chi connectivity index (χ0v) is 12.6. The average Bonchev–Trinajstić information content (AvgIpc) is 2.89. The van der Waals surface area contributed by atoms with Crippen LogP contribution in [-0.2, 0) is 6.54 Å². The van der Waals surface area contributed by atoms with Gasteiger partial charge in [0.05, 0.1) is 6.54 Å². The van der Waals surface area contributed by atoms with Gasteiger partial charge in [0, 0.05) is 12.0 Å². The predicted molar refractivity (Wildman–Crippen MR) is 74.6 cm³/mol. The fourth-order valence-corrected chi connectivity index (χ4v) is 1.94. The van der Waals surface area contributed by atoms with Crippen molar-refractivity contribution in [3.05, 3.63) is 47.1 Å². The van der Waals surface area contributed by atoms with Gasteiger partial charge in [-0.3, -0.25) is 4.90 Å². The van der Waals surface area contributed by atoms with Crippen molar-refractivity contribution in [3.63, 3.8) is 0 Å². The van der Waals surface area contributed by atoms with E-state index in [1.54, 1.807) is 6.07 Å². The molecule has 0 fully saturated rings. The normalized spacial score (nSPS) is 13.1. The number of hydrogen-bond acceptors (Lipinski definition) is 4. The Hall–Kier alpha value is -1.82. The van der Waals surface area contributed by atoms with Crippen LogP contribution < -0.4 is 0 Å². The van der Waals surface area contributed by atoms with Crippen molar-refractivity contribution in [1.82, 2.24) is 15.0 Å². The van der Waals surface area contributed by atoms with Gasteiger partial charge in [-0.2, -0.15) is 4.98 Å². The summed E-state index contributed by atoms with van der Waals surface area (Å²) >= 11 is 0. The largest absolute Gasteiger partial charge is 0.338 e. The number of benzene rings is 1. The molecule has 114 valence electrons. The van der Waals surface area contributed by atoms with Crippen molar-refractivity contribution in [3.8, 4) is 0 Å². The van der Waals surface area contributed by atoms with Crippen molar-refractivity contribution < 1.29 is 13.3 Å². The van der Waals surface area contributed by atoms with Crippen LogP contribution in [0.3, 0.4) is 0 Å². The molecule has 21 heavy (non-hydrogen) atoms. The Labute approximate surface area is 122 Å². The van der Waals surface area contributed by atoms with Crippen LogP contribution in [-0.4, -0.2) is 22.1 Å². The van der Waals surface area contributed by atoms with E-state index in [-0.39, 0.29) is 12.0 Å². The van der Waals surface area contributed by atoms with Gasteiger partial charge in [-0.25, -0.2) is 8.78 Å². The molecule has 2 aromatic rings. The van der Waals surface area contributed by atoms with E-state index in [0.29, 0.717) is 23.8 Å². The molecular weight excluding hydrogens is 276 g/mol. The molecule has 0 aliphatic heterocycles. The molecule has 0 aliphatic carbocycles. The quantitative estimate of drug-likeness (QED) is 0.844. The van der Waals surface area contributed by atoms with Crippen molar-refractivity contribution in [2.75, 3.05) is 7.05 Å². The van der Waals surface area contributed by atoms with Crippen LogP contribution in [0, 0.1) is 11.6 Å². The smallest absolute Gasteiger partial charge is 0.240 e. The zero-order valence-electron chi connectivity index (χ0n) is 12.6. The summed E-state index contributed by atoms with van der Waals surface area (Å²) in [7, 11) is 1.87. The minimum absolute atomic E-state index is 0.102. The van der Waals surface area contributed by atoms with Gasteiger partial charge in [-0.15, -0.1) is 0 Å². The average molecular weight is 295 g/mol. The fourth-order valence-electron chi connectivity index (χ4n) is 1.94. The Morgan fingerprint density at radius 1 is 1.19 bits per heavy atom. The number of nitrogens with zero attached hydrogens (tertiary/aromatic N) is 3. The van der Waals surface area contributed by atoms with Gasteiger partial charge < -0.3 is 4.52 Å². The van der Waals surface area contributed by atoms with Crippen LogP contribution >= 0.6 is 0 Å². The molecule has 0 spiro atoms. The van der Waals surface area contributed by atoms with E-state index in [4.69, 9.17) is 4.52 Å². The van der Waals surface area contributed by atoms with Gasteiger partial charge in [-0.05, 0) is 31.7 Å². The lowest BCUT2D eigenvalue weighted by Gasteiger charge is -2.23. The molecular formula is C15H19F2N3O. The summed E-state index contributed by atoms with van der Waals surface area (Å²) in [5.74, 6) is -0.300. The van der Waals surface area contributed by atoms with Crippen molar-refractivity contribution in [2.24, 2.45) is 0 Å². The molecule has 1 atom stereocenters. The fraction of sp³-hybridized carbons (Fsp3) is 0.467. The van der Waals surface area contributed by atoms with Crippen molar-refractivity contribution in [2.45, 2.75) is 39.3 Å². The first-order chi connectivity index (χ1) is 9.88. The van der Waals surface area contributed by atoms with Crippen LogP contribution in [0.25, 0.3) is 0 Å². The van der Waals surface area contributed by atoms with Gasteiger partial charge in [0.2, 0.25) is 5.89 Å². The van der Waals surface area contributed by atoms with E-state index in [2.05, 4.69) is 10.1 Å². The molecule has 1 aromatic carbocycles. The molecule has 0 unspecified atom stereocenters. The Balaban J connectivity index is 2.07. The summed E-state index contributed by atoms with van der Waals surface area (Å²) in [5, 5.41) is 3.90. The molecule has 0 bridgehead atoms. The molecule has 0 saturated heterocycles. The summed E-state index contributed by atoms with van der Waals surface area (Å²) in [6, 6.07) is 3.82. The third kappa shape index (κ3) is 3.64. The second kappa shape index (κ2) is 6.30. The SMILES string of the molecule is CC(C)c1noc(CN(C)[C@@H](C)c2ccc(F)c(F)c2)n1. The maximum Gasteiger partial charge on any atom is 0.240 e. The lowest BCUT2D eigenvalue weighted by molar-refractivity contribution is 0.215. The Morgan fingerprint density at radius 3 is 2.48 bits per heavy atom. The van der Waals surface area contributed by atoms with Gasteiger partial charge in [0.15, 0.2) is 17.5 Å². The van der Waals surface area contributed by atoms with Gasteiger partial charge in [0.25, 0.3) is 0 Å². The van der Waals surface area contributed by atoms with Crippen LogP contribution in [0.15, 0.2) is 22.7 Å². The second-order valence-corrected chi connectivity index (χ2v) is 5.47. The highest BCUT2D eigenvalue weighted by atomic mass is 19.2. The number of rotatable bonds is 5. The standard InChI is InChI=1S/C15H19F2N3O/c1-9(2)15-18-14(21-19-15)8-20(4)10(3)11-5-6-12(16)13(17)7-11/h5-7,9-10H,8H2,1-4H3/t10-/m0/s1. The first-order valence-corrected chi connectivity index (χ1v) is 6.86. The number of halogens is 2. The van der Waals surface area contributed by atoms with Gasteiger partial charge in [-0.1, -0.05) is 25.1 Å². The third-order valence-corrected chi connectivity index (χ3v) is 3.47. The minimum atomic E-state index is -0.841. The van der Waals surface area contributed by atoms with Gasteiger partial charge >= 0.3 is 0 Å². The van der Waals surface area contributed by atoms with Crippen molar-refractivity contribution in [1.29, 1.82) is 0 Å². The van der Waals surface area contributed by atoms with E-state index in [0.717, 1.165) is 6.07 Å². The maximum absolute atomic E-state index is 13.3. The molecule has 1 aromatic heterocycles. The summed E-state index contributed by atoms with van der Waals surface area (Å²) in [6.45, 7) is 6.33. The summed E-state index contributed by atoms with van der Waals surface area (Å²) in [6.07, 6.45) is 0. The summed E-state index contributed by atoms with van der Waals surface area (Å²) in [5.41, 5.74) is 0.694. The summed E-state index contributed by atoms with van der Waals surface area (Å²) < 4.78 is 31.4. The highest BCUT2D eigenvalue weighted by Crippen LogP contribution is 2.22. The molecule has 2 rings (SSSR count). The summed E-state index contributed by atoms with van der Waals surface area (Å²) in [4.78, 5) is 6.24. The Kier molecular flexibility index (Phi) is 4.67. The van der Waals surface area contributed by atoms with Crippen LogP contribution in [0.2, 0.25) is 0 Å². The molecule has 0 saturated carbocycles. The van der Waals surface area contributed by atoms with Gasteiger partial charge in [0.1, 0.15) is 0 Å².